The predicted molar refractivity (Wildman–Crippen MR) is 89.3 cm³/mol. The molecule has 2 aliphatic carbocycles. The predicted octanol–water partition coefficient (Wildman–Crippen LogP) is 4.50. The lowest BCUT2D eigenvalue weighted by Crippen LogP contribution is -2.49. The number of fused-ring (bicyclic) bond motifs is 3. The summed E-state index contributed by atoms with van der Waals surface area (Å²) in [6, 6.07) is 4.13. The van der Waals surface area contributed by atoms with Crippen molar-refractivity contribution in [3.05, 3.63) is 41.0 Å². The molecule has 2 aliphatic rings. The minimum atomic E-state index is -0.340. The van der Waals surface area contributed by atoms with Crippen molar-refractivity contribution >= 4 is 5.78 Å². The second-order valence-corrected chi connectivity index (χ2v) is 8.02. The summed E-state index contributed by atoms with van der Waals surface area (Å²) in [5.74, 6) is 1.21. The Bertz CT molecular complexity index is 667. The SMILES string of the molecule is CC(C)c1cc2c(cc1O)[C@@]1(C)C=CC(=O)C(C)(C)[C@@H]1CC2. The summed E-state index contributed by atoms with van der Waals surface area (Å²) in [5.41, 5.74) is 3.04. The molecule has 22 heavy (non-hydrogen) atoms. The van der Waals surface area contributed by atoms with E-state index in [1.54, 1.807) is 6.08 Å². The minimum Gasteiger partial charge on any atom is -0.508 e. The molecule has 118 valence electrons. The Morgan fingerprint density at radius 2 is 1.91 bits per heavy atom. The molecule has 0 aromatic heterocycles. The summed E-state index contributed by atoms with van der Waals surface area (Å²) in [7, 11) is 0. The van der Waals surface area contributed by atoms with E-state index in [0.717, 1.165) is 18.4 Å². The zero-order valence-corrected chi connectivity index (χ0v) is 14.2. The van der Waals surface area contributed by atoms with Gasteiger partial charge in [-0.3, -0.25) is 4.79 Å². The number of phenols is 1. The van der Waals surface area contributed by atoms with Gasteiger partial charge in [0.05, 0.1) is 0 Å². The topological polar surface area (TPSA) is 37.3 Å². The molecule has 0 fully saturated rings. The lowest BCUT2D eigenvalue weighted by molar-refractivity contribution is -0.127. The number of aryl methyl sites for hydroxylation is 1. The van der Waals surface area contributed by atoms with E-state index in [0.29, 0.717) is 11.7 Å². The van der Waals surface area contributed by atoms with Gasteiger partial charge in [0.2, 0.25) is 0 Å². The third kappa shape index (κ3) is 1.96. The molecule has 2 nitrogen and oxygen atoms in total. The highest BCUT2D eigenvalue weighted by Gasteiger charge is 2.51. The number of allylic oxidation sites excluding steroid dienone is 2. The van der Waals surface area contributed by atoms with Crippen LogP contribution in [0.1, 0.15) is 63.6 Å². The molecule has 0 radical (unpaired) electrons. The highest BCUT2D eigenvalue weighted by molar-refractivity contribution is 5.96. The quantitative estimate of drug-likeness (QED) is 0.828. The van der Waals surface area contributed by atoms with Gasteiger partial charge in [-0.25, -0.2) is 0 Å². The molecule has 0 amide bonds. The Morgan fingerprint density at radius 3 is 2.55 bits per heavy atom. The van der Waals surface area contributed by atoms with E-state index in [4.69, 9.17) is 0 Å². The standard InChI is InChI=1S/C20H26O2/c1-12(2)14-10-13-6-7-17-19(3,4)18(22)8-9-20(17,5)15(13)11-16(14)21/h8-12,17,21H,6-7H2,1-5H3/t17-,20+/m0/s1. The number of hydrogen-bond donors (Lipinski definition) is 1. The highest BCUT2D eigenvalue weighted by atomic mass is 16.3. The van der Waals surface area contributed by atoms with Gasteiger partial charge in [-0.15, -0.1) is 0 Å². The van der Waals surface area contributed by atoms with Crippen molar-refractivity contribution in [1.82, 2.24) is 0 Å². The average Bonchev–Trinajstić information content (AvgIpc) is 2.43. The van der Waals surface area contributed by atoms with Crippen molar-refractivity contribution in [2.24, 2.45) is 11.3 Å². The Balaban J connectivity index is 2.19. The second-order valence-electron chi connectivity index (χ2n) is 8.02. The van der Waals surface area contributed by atoms with Crippen molar-refractivity contribution in [3.8, 4) is 5.75 Å². The van der Waals surface area contributed by atoms with Crippen LogP contribution >= 0.6 is 0 Å². The van der Waals surface area contributed by atoms with Crippen LogP contribution in [0.25, 0.3) is 0 Å². The van der Waals surface area contributed by atoms with Crippen LogP contribution in [-0.2, 0) is 16.6 Å². The van der Waals surface area contributed by atoms with Crippen LogP contribution < -0.4 is 0 Å². The molecule has 0 spiro atoms. The number of carbonyl (C=O) groups is 1. The van der Waals surface area contributed by atoms with Crippen molar-refractivity contribution in [2.45, 2.75) is 58.8 Å². The summed E-state index contributed by atoms with van der Waals surface area (Å²) in [6.07, 6.45) is 5.83. The maximum Gasteiger partial charge on any atom is 0.161 e. The van der Waals surface area contributed by atoms with E-state index < -0.39 is 0 Å². The zero-order valence-electron chi connectivity index (χ0n) is 14.2. The molecule has 2 atom stereocenters. The number of carbonyl (C=O) groups excluding carboxylic acids is 1. The van der Waals surface area contributed by atoms with Crippen LogP contribution in [0.5, 0.6) is 5.75 Å². The number of phenolic OH excluding ortho intramolecular Hbond substituents is 1. The second kappa shape index (κ2) is 4.71. The van der Waals surface area contributed by atoms with Crippen LogP contribution in [0.2, 0.25) is 0 Å². The molecular weight excluding hydrogens is 272 g/mol. The van der Waals surface area contributed by atoms with Gasteiger partial charge in [0.1, 0.15) is 5.75 Å². The molecule has 1 N–H and O–H groups in total. The van der Waals surface area contributed by atoms with Crippen LogP contribution in [0.3, 0.4) is 0 Å². The highest BCUT2D eigenvalue weighted by Crippen LogP contribution is 2.54. The van der Waals surface area contributed by atoms with Gasteiger partial charge in [0.25, 0.3) is 0 Å². The number of aromatic hydroxyl groups is 1. The molecule has 0 saturated heterocycles. The normalized spacial score (nSPS) is 29.4. The maximum atomic E-state index is 12.3. The Labute approximate surface area is 133 Å². The average molecular weight is 298 g/mol. The fraction of sp³-hybridized carbons (Fsp3) is 0.550. The van der Waals surface area contributed by atoms with Gasteiger partial charge in [-0.1, -0.05) is 46.8 Å². The fourth-order valence-electron chi connectivity index (χ4n) is 4.56. The lowest BCUT2D eigenvalue weighted by atomic mass is 9.52. The molecule has 2 heteroatoms. The van der Waals surface area contributed by atoms with Crippen LogP contribution in [0.15, 0.2) is 24.3 Å². The van der Waals surface area contributed by atoms with Gasteiger partial charge in [-0.05, 0) is 53.5 Å². The molecular formula is C20H26O2. The molecule has 0 unspecified atom stereocenters. The van der Waals surface area contributed by atoms with Gasteiger partial charge in [-0.2, -0.15) is 0 Å². The summed E-state index contributed by atoms with van der Waals surface area (Å²) in [4.78, 5) is 12.3. The van der Waals surface area contributed by atoms with Crippen molar-refractivity contribution in [2.75, 3.05) is 0 Å². The Hall–Kier alpha value is -1.57. The first-order valence-corrected chi connectivity index (χ1v) is 8.28. The first-order chi connectivity index (χ1) is 10.2. The van der Waals surface area contributed by atoms with Gasteiger partial charge >= 0.3 is 0 Å². The van der Waals surface area contributed by atoms with E-state index in [2.05, 4.69) is 46.8 Å². The molecule has 1 aromatic rings. The Morgan fingerprint density at radius 1 is 1.23 bits per heavy atom. The minimum absolute atomic E-state index is 0.169. The smallest absolute Gasteiger partial charge is 0.161 e. The van der Waals surface area contributed by atoms with Crippen LogP contribution in [0.4, 0.5) is 0 Å². The summed E-state index contributed by atoms with van der Waals surface area (Å²) < 4.78 is 0. The third-order valence-electron chi connectivity index (χ3n) is 5.97. The number of benzene rings is 1. The largest absolute Gasteiger partial charge is 0.508 e. The Kier molecular flexibility index (Phi) is 3.28. The monoisotopic (exact) mass is 298 g/mol. The van der Waals surface area contributed by atoms with Crippen LogP contribution in [0, 0.1) is 11.3 Å². The van der Waals surface area contributed by atoms with E-state index in [9.17, 15) is 9.90 Å². The number of ketones is 1. The summed E-state index contributed by atoms with van der Waals surface area (Å²) in [6.45, 7) is 10.6. The van der Waals surface area contributed by atoms with Crippen LogP contribution in [-0.4, -0.2) is 10.9 Å². The maximum absolute atomic E-state index is 12.3. The first kappa shape index (κ1) is 15.3. The van der Waals surface area contributed by atoms with Crippen molar-refractivity contribution < 1.29 is 9.90 Å². The lowest BCUT2D eigenvalue weighted by Gasteiger charge is -2.50. The number of hydrogen-bond acceptors (Lipinski definition) is 2. The molecule has 0 heterocycles. The van der Waals surface area contributed by atoms with Crippen molar-refractivity contribution in [1.29, 1.82) is 0 Å². The van der Waals surface area contributed by atoms with Gasteiger partial charge in [0.15, 0.2) is 5.78 Å². The third-order valence-corrected chi connectivity index (χ3v) is 5.97. The molecule has 0 aliphatic heterocycles. The van der Waals surface area contributed by atoms with E-state index in [1.807, 2.05) is 6.07 Å². The molecule has 0 saturated carbocycles. The summed E-state index contributed by atoms with van der Waals surface area (Å²) >= 11 is 0. The fourth-order valence-corrected chi connectivity index (χ4v) is 4.56. The summed E-state index contributed by atoms with van der Waals surface area (Å²) in [5, 5.41) is 10.4. The zero-order chi connectivity index (χ0) is 16.3. The van der Waals surface area contributed by atoms with E-state index in [-0.39, 0.29) is 22.5 Å². The van der Waals surface area contributed by atoms with Gasteiger partial charge < -0.3 is 5.11 Å². The van der Waals surface area contributed by atoms with E-state index in [1.165, 1.54) is 11.1 Å². The van der Waals surface area contributed by atoms with E-state index >= 15 is 0 Å². The molecule has 3 rings (SSSR count). The van der Waals surface area contributed by atoms with Gasteiger partial charge in [0, 0.05) is 10.8 Å². The molecule has 1 aromatic carbocycles. The van der Waals surface area contributed by atoms with Crippen molar-refractivity contribution in [3.63, 3.8) is 0 Å². The first-order valence-electron chi connectivity index (χ1n) is 8.28. The molecule has 0 bridgehead atoms. The number of rotatable bonds is 1.